The van der Waals surface area contributed by atoms with E-state index in [2.05, 4.69) is 10.0 Å². The lowest BCUT2D eigenvalue weighted by Crippen LogP contribution is -2.47. The van der Waals surface area contributed by atoms with Gasteiger partial charge in [0.05, 0.1) is 9.82 Å². The molecular weight excluding hydrogens is 374 g/mol. The molecule has 0 heterocycles. The minimum Gasteiger partial charge on any atom is -0.480 e. The SMILES string of the molecule is CC(NC[C@H](NS(=O)(=O)c1ccc([N+](=O)[O-])cc1)C(=O)O)c1ccccc1. The number of hydrogen-bond donors (Lipinski definition) is 3. The third kappa shape index (κ3) is 5.58. The fourth-order valence-corrected chi connectivity index (χ4v) is 3.53. The normalized spacial score (nSPS) is 13.7. The molecule has 0 amide bonds. The molecule has 0 aliphatic rings. The topological polar surface area (TPSA) is 139 Å². The minimum atomic E-state index is -4.15. The van der Waals surface area contributed by atoms with E-state index in [1.54, 1.807) is 0 Å². The number of carboxylic acids is 1. The Labute approximate surface area is 156 Å². The van der Waals surface area contributed by atoms with E-state index in [1.165, 1.54) is 0 Å². The molecule has 0 bridgehead atoms. The number of sulfonamides is 1. The van der Waals surface area contributed by atoms with Crippen LogP contribution in [0.25, 0.3) is 0 Å². The van der Waals surface area contributed by atoms with Crippen LogP contribution >= 0.6 is 0 Å². The molecule has 0 fully saturated rings. The first-order valence-corrected chi connectivity index (χ1v) is 9.47. The molecule has 0 aliphatic heterocycles. The maximum atomic E-state index is 12.4. The minimum absolute atomic E-state index is 0.141. The molecule has 3 N–H and O–H groups in total. The molecule has 0 radical (unpaired) electrons. The smallest absolute Gasteiger partial charge is 0.323 e. The fraction of sp³-hybridized carbons (Fsp3) is 0.235. The Kier molecular flexibility index (Phi) is 6.61. The van der Waals surface area contributed by atoms with Gasteiger partial charge in [0.1, 0.15) is 6.04 Å². The number of nitro benzene ring substituents is 1. The van der Waals surface area contributed by atoms with Crippen molar-refractivity contribution in [2.75, 3.05) is 6.54 Å². The van der Waals surface area contributed by atoms with Crippen molar-refractivity contribution in [2.24, 2.45) is 0 Å². The van der Waals surface area contributed by atoms with Gasteiger partial charge in [-0.05, 0) is 24.6 Å². The van der Waals surface area contributed by atoms with E-state index in [-0.39, 0.29) is 23.2 Å². The highest BCUT2D eigenvalue weighted by Crippen LogP contribution is 2.16. The molecule has 0 aliphatic carbocycles. The number of aliphatic carboxylic acids is 1. The average molecular weight is 393 g/mol. The second-order valence-corrected chi connectivity index (χ2v) is 7.52. The number of hydrogen-bond acceptors (Lipinski definition) is 6. The highest BCUT2D eigenvalue weighted by atomic mass is 32.2. The third-order valence-electron chi connectivity index (χ3n) is 3.88. The van der Waals surface area contributed by atoms with Crippen molar-refractivity contribution in [1.29, 1.82) is 0 Å². The van der Waals surface area contributed by atoms with Gasteiger partial charge >= 0.3 is 5.97 Å². The molecular formula is C17H19N3O6S. The standard InChI is InChI=1S/C17H19N3O6S/c1-12(13-5-3-2-4-6-13)18-11-16(17(21)22)19-27(25,26)15-9-7-14(8-10-15)20(23)24/h2-10,12,16,18-19H,11H2,1H3,(H,21,22)/t12?,16-/m0/s1. The van der Waals surface area contributed by atoms with Crippen molar-refractivity contribution in [1.82, 2.24) is 10.0 Å². The number of rotatable bonds is 9. The van der Waals surface area contributed by atoms with E-state index in [1.807, 2.05) is 37.3 Å². The fourth-order valence-electron chi connectivity index (χ4n) is 2.34. The summed E-state index contributed by atoms with van der Waals surface area (Å²) >= 11 is 0. The second-order valence-electron chi connectivity index (χ2n) is 5.80. The highest BCUT2D eigenvalue weighted by molar-refractivity contribution is 7.89. The van der Waals surface area contributed by atoms with Crippen LogP contribution in [0.3, 0.4) is 0 Å². The van der Waals surface area contributed by atoms with Gasteiger partial charge in [0.2, 0.25) is 10.0 Å². The molecule has 0 saturated carbocycles. The summed E-state index contributed by atoms with van der Waals surface area (Å²) in [7, 11) is -4.15. The van der Waals surface area contributed by atoms with Crippen molar-refractivity contribution in [3.05, 3.63) is 70.3 Å². The van der Waals surface area contributed by atoms with Crippen molar-refractivity contribution in [3.63, 3.8) is 0 Å². The predicted molar refractivity (Wildman–Crippen MR) is 97.7 cm³/mol. The zero-order valence-corrected chi connectivity index (χ0v) is 15.2. The Morgan fingerprint density at radius 1 is 1.15 bits per heavy atom. The maximum absolute atomic E-state index is 12.4. The van der Waals surface area contributed by atoms with Gasteiger partial charge in [-0.3, -0.25) is 14.9 Å². The Morgan fingerprint density at radius 2 is 1.74 bits per heavy atom. The first kappa shape index (κ1) is 20.5. The van der Waals surface area contributed by atoms with Crippen LogP contribution in [-0.4, -0.2) is 37.0 Å². The number of nitrogens with zero attached hydrogens (tertiary/aromatic N) is 1. The van der Waals surface area contributed by atoms with E-state index in [0.29, 0.717) is 0 Å². The van der Waals surface area contributed by atoms with Crippen LogP contribution in [0, 0.1) is 10.1 Å². The summed E-state index contributed by atoms with van der Waals surface area (Å²) in [5.41, 5.74) is 0.668. The Morgan fingerprint density at radius 3 is 2.26 bits per heavy atom. The Hall–Kier alpha value is -2.82. The van der Waals surface area contributed by atoms with Crippen LogP contribution in [0.5, 0.6) is 0 Å². The number of carboxylic acid groups (broad SMARTS) is 1. The summed E-state index contributed by atoms with van der Waals surface area (Å²) in [6.45, 7) is 1.69. The van der Waals surface area contributed by atoms with Gasteiger partial charge < -0.3 is 10.4 Å². The van der Waals surface area contributed by atoms with Crippen molar-refractivity contribution >= 4 is 21.7 Å². The largest absolute Gasteiger partial charge is 0.480 e. The van der Waals surface area contributed by atoms with E-state index in [0.717, 1.165) is 29.8 Å². The van der Waals surface area contributed by atoms with Crippen LogP contribution < -0.4 is 10.0 Å². The highest BCUT2D eigenvalue weighted by Gasteiger charge is 2.26. The van der Waals surface area contributed by atoms with Gasteiger partial charge in [-0.15, -0.1) is 0 Å². The molecule has 9 nitrogen and oxygen atoms in total. The Bertz CT molecular complexity index is 900. The number of non-ortho nitro benzene ring substituents is 1. The summed E-state index contributed by atoms with van der Waals surface area (Å²) in [5.74, 6) is -1.34. The molecule has 0 aromatic heterocycles. The molecule has 2 aromatic rings. The molecule has 144 valence electrons. The first-order valence-electron chi connectivity index (χ1n) is 7.98. The summed E-state index contributed by atoms with van der Waals surface area (Å²) in [4.78, 5) is 21.2. The average Bonchev–Trinajstić information content (AvgIpc) is 2.65. The number of nitrogens with one attached hydrogen (secondary N) is 2. The van der Waals surface area contributed by atoms with Gasteiger partial charge in [-0.2, -0.15) is 4.72 Å². The lowest BCUT2D eigenvalue weighted by Gasteiger charge is -2.19. The van der Waals surface area contributed by atoms with E-state index < -0.39 is 27.0 Å². The molecule has 10 heteroatoms. The Balaban J connectivity index is 2.08. The third-order valence-corrected chi connectivity index (χ3v) is 5.37. The second kappa shape index (κ2) is 8.71. The van der Waals surface area contributed by atoms with E-state index in [9.17, 15) is 28.4 Å². The summed E-state index contributed by atoms with van der Waals surface area (Å²) in [6.07, 6.45) is 0. The van der Waals surface area contributed by atoms with Crippen LogP contribution in [0.1, 0.15) is 18.5 Å². The van der Waals surface area contributed by atoms with Crippen LogP contribution in [0.2, 0.25) is 0 Å². The maximum Gasteiger partial charge on any atom is 0.323 e. The molecule has 0 saturated heterocycles. The van der Waals surface area contributed by atoms with Gasteiger partial charge in [0.25, 0.3) is 5.69 Å². The molecule has 0 spiro atoms. The van der Waals surface area contributed by atoms with Crippen molar-refractivity contribution in [2.45, 2.75) is 23.9 Å². The van der Waals surface area contributed by atoms with Gasteiger partial charge in [0, 0.05) is 24.7 Å². The zero-order valence-electron chi connectivity index (χ0n) is 14.4. The molecule has 2 aromatic carbocycles. The van der Waals surface area contributed by atoms with Crippen LogP contribution in [0.15, 0.2) is 59.5 Å². The summed E-state index contributed by atoms with van der Waals surface area (Å²) < 4.78 is 26.8. The zero-order chi connectivity index (χ0) is 20.0. The molecule has 2 atom stereocenters. The van der Waals surface area contributed by atoms with Crippen molar-refractivity contribution < 1.29 is 23.2 Å². The molecule has 27 heavy (non-hydrogen) atoms. The van der Waals surface area contributed by atoms with Crippen LogP contribution in [0.4, 0.5) is 5.69 Å². The van der Waals surface area contributed by atoms with E-state index in [4.69, 9.17) is 0 Å². The van der Waals surface area contributed by atoms with E-state index >= 15 is 0 Å². The summed E-state index contributed by atoms with van der Waals surface area (Å²) in [5, 5.41) is 23.0. The number of nitro groups is 1. The monoisotopic (exact) mass is 393 g/mol. The molecule has 2 rings (SSSR count). The van der Waals surface area contributed by atoms with Crippen molar-refractivity contribution in [3.8, 4) is 0 Å². The van der Waals surface area contributed by atoms with Gasteiger partial charge in [-0.25, -0.2) is 8.42 Å². The van der Waals surface area contributed by atoms with Gasteiger partial charge in [-0.1, -0.05) is 30.3 Å². The predicted octanol–water partition coefficient (Wildman–Crippen LogP) is 1.68. The lowest BCUT2D eigenvalue weighted by atomic mass is 10.1. The number of benzene rings is 2. The summed E-state index contributed by atoms with van der Waals surface area (Å²) in [6, 6.07) is 11.9. The first-order chi connectivity index (χ1) is 12.7. The number of carbonyl (C=O) groups is 1. The van der Waals surface area contributed by atoms with Crippen LogP contribution in [-0.2, 0) is 14.8 Å². The van der Waals surface area contributed by atoms with Gasteiger partial charge in [0.15, 0.2) is 0 Å². The quantitative estimate of drug-likeness (QED) is 0.435. The molecule has 1 unspecified atom stereocenters. The lowest BCUT2D eigenvalue weighted by molar-refractivity contribution is -0.384.